The molecular formula is C31H57NO. The van der Waals surface area contributed by atoms with Gasteiger partial charge in [-0.15, -0.1) is 0 Å². The van der Waals surface area contributed by atoms with E-state index >= 15 is 0 Å². The lowest BCUT2D eigenvalue weighted by Crippen LogP contribution is -2.50. The van der Waals surface area contributed by atoms with Gasteiger partial charge in [-0.25, -0.2) is 0 Å². The van der Waals surface area contributed by atoms with E-state index in [2.05, 4.69) is 33.8 Å². The fraction of sp³-hybridized carbons (Fsp3) is 0.935. The summed E-state index contributed by atoms with van der Waals surface area (Å²) in [6.45, 7) is 16.4. The van der Waals surface area contributed by atoms with E-state index in [9.17, 15) is 0 Å². The topological polar surface area (TPSA) is 35.2 Å². The summed E-state index contributed by atoms with van der Waals surface area (Å²) in [4.78, 5) is 0. The molecule has 0 heterocycles. The van der Waals surface area contributed by atoms with Crippen LogP contribution in [0.25, 0.3) is 0 Å². The minimum atomic E-state index is 0.476. The van der Waals surface area contributed by atoms with Crippen molar-refractivity contribution in [1.82, 2.24) is 0 Å². The zero-order chi connectivity index (χ0) is 24.1. The first kappa shape index (κ1) is 27.3. The zero-order valence-electron chi connectivity index (χ0n) is 23.1. The molecule has 192 valence electrons. The average Bonchev–Trinajstić information content (AvgIpc) is 3.14. The number of ether oxygens (including phenoxy) is 1. The van der Waals surface area contributed by atoms with Crippen molar-refractivity contribution < 1.29 is 4.74 Å². The monoisotopic (exact) mass is 459 g/mol. The molecule has 0 aromatic carbocycles. The van der Waals surface area contributed by atoms with E-state index in [1.165, 1.54) is 77.0 Å². The Labute approximate surface area is 206 Å². The van der Waals surface area contributed by atoms with Gasteiger partial charge in [0.2, 0.25) is 0 Å². The highest BCUT2D eigenvalue weighted by Gasteiger charge is 2.58. The number of fused-ring (bicyclic) bond motifs is 5. The maximum atomic E-state index is 5.82. The van der Waals surface area contributed by atoms with Crippen molar-refractivity contribution in [2.24, 2.45) is 52.1 Å². The molecule has 7 unspecified atom stereocenters. The van der Waals surface area contributed by atoms with Crippen LogP contribution in [0.2, 0.25) is 0 Å². The molecule has 3 fully saturated rings. The molecule has 33 heavy (non-hydrogen) atoms. The Bertz CT molecular complexity index is 626. The largest absolute Gasteiger partial charge is 0.380 e. The summed E-state index contributed by atoms with van der Waals surface area (Å²) in [5.41, 5.74) is 8.53. The first-order chi connectivity index (χ1) is 15.9. The van der Waals surface area contributed by atoms with Crippen LogP contribution in [0.15, 0.2) is 11.6 Å². The summed E-state index contributed by atoms with van der Waals surface area (Å²) in [6, 6.07) is 0. The summed E-state index contributed by atoms with van der Waals surface area (Å²) >= 11 is 0. The second-order valence-corrected chi connectivity index (χ2v) is 12.7. The Morgan fingerprint density at radius 2 is 1.82 bits per heavy atom. The zero-order valence-corrected chi connectivity index (χ0v) is 23.1. The van der Waals surface area contributed by atoms with Crippen molar-refractivity contribution in [2.75, 3.05) is 19.8 Å². The third kappa shape index (κ3) is 5.74. The standard InChI is InChI=1S/C29H51NO.C2H6/c1-21(2)7-5-6-8-23-10-12-26-25-11-9-24-19-22(20-31-18-17-30)13-15-29(24,4)27(25)14-16-28(23,26)3;1-2/h9,21-23,25-27H,5-8,10-20,30H2,1-4H3;1-2H3. The number of nitrogens with two attached hydrogens (primary N) is 1. The number of hydrogen-bond donors (Lipinski definition) is 1. The number of allylic oxidation sites excluding steroid dienone is 2. The molecule has 0 aromatic rings. The maximum absolute atomic E-state index is 5.82. The lowest BCUT2D eigenvalue weighted by Gasteiger charge is -2.58. The normalized spacial score (nSPS) is 39.8. The smallest absolute Gasteiger partial charge is 0.0588 e. The first-order valence-electron chi connectivity index (χ1n) is 14.9. The van der Waals surface area contributed by atoms with Crippen molar-refractivity contribution >= 4 is 0 Å². The van der Waals surface area contributed by atoms with Crippen LogP contribution in [0, 0.1) is 46.3 Å². The molecule has 0 aromatic heterocycles. The molecule has 4 aliphatic rings. The van der Waals surface area contributed by atoms with Gasteiger partial charge in [-0.05, 0) is 104 Å². The molecule has 0 saturated heterocycles. The van der Waals surface area contributed by atoms with Gasteiger partial charge in [-0.3, -0.25) is 0 Å². The Morgan fingerprint density at radius 1 is 1.03 bits per heavy atom. The predicted octanol–water partition coefficient (Wildman–Crippen LogP) is 8.40. The molecule has 4 aliphatic carbocycles. The highest BCUT2D eigenvalue weighted by atomic mass is 16.5. The summed E-state index contributed by atoms with van der Waals surface area (Å²) in [6.07, 6.45) is 20.0. The van der Waals surface area contributed by atoms with Gasteiger partial charge in [-0.2, -0.15) is 0 Å². The highest BCUT2D eigenvalue weighted by molar-refractivity contribution is 5.25. The molecule has 2 nitrogen and oxygen atoms in total. The Balaban J connectivity index is 0.00000149. The molecule has 0 radical (unpaired) electrons. The predicted molar refractivity (Wildman–Crippen MR) is 143 cm³/mol. The number of hydrogen-bond acceptors (Lipinski definition) is 2. The SMILES string of the molecule is CC.CC(C)CCCCC1CCC2C3CC=C4CC(COCCN)CCC4(C)C3CCC12C. The van der Waals surface area contributed by atoms with Gasteiger partial charge in [0.1, 0.15) is 0 Å². The van der Waals surface area contributed by atoms with Gasteiger partial charge in [0.05, 0.1) is 6.61 Å². The minimum absolute atomic E-state index is 0.476. The van der Waals surface area contributed by atoms with E-state index in [1.54, 1.807) is 5.57 Å². The van der Waals surface area contributed by atoms with E-state index in [0.29, 0.717) is 17.4 Å². The lowest BCUT2D eigenvalue weighted by atomic mass is 9.47. The van der Waals surface area contributed by atoms with Crippen LogP contribution in [0.3, 0.4) is 0 Å². The molecule has 4 rings (SSSR count). The second kappa shape index (κ2) is 12.1. The van der Waals surface area contributed by atoms with Crippen molar-refractivity contribution in [3.05, 3.63) is 11.6 Å². The summed E-state index contributed by atoms with van der Waals surface area (Å²) < 4.78 is 5.82. The molecule has 2 N–H and O–H groups in total. The fourth-order valence-electron chi connectivity index (χ4n) is 8.74. The highest BCUT2D eigenvalue weighted by Crippen LogP contribution is 2.67. The van der Waals surface area contributed by atoms with Gasteiger partial charge in [0, 0.05) is 13.2 Å². The molecule has 7 atom stereocenters. The molecule has 3 saturated carbocycles. The Morgan fingerprint density at radius 3 is 2.55 bits per heavy atom. The van der Waals surface area contributed by atoms with Crippen molar-refractivity contribution in [2.45, 2.75) is 119 Å². The van der Waals surface area contributed by atoms with Crippen molar-refractivity contribution in [3.63, 3.8) is 0 Å². The third-order valence-corrected chi connectivity index (χ3v) is 10.6. The van der Waals surface area contributed by atoms with E-state index < -0.39 is 0 Å². The van der Waals surface area contributed by atoms with E-state index in [-0.39, 0.29) is 0 Å². The van der Waals surface area contributed by atoms with Crippen molar-refractivity contribution in [1.29, 1.82) is 0 Å². The van der Waals surface area contributed by atoms with Crippen LogP contribution in [-0.4, -0.2) is 19.8 Å². The molecule has 0 bridgehead atoms. The number of rotatable bonds is 9. The second-order valence-electron chi connectivity index (χ2n) is 12.7. The first-order valence-corrected chi connectivity index (χ1v) is 14.9. The third-order valence-electron chi connectivity index (χ3n) is 10.6. The van der Waals surface area contributed by atoms with Crippen LogP contribution in [0.5, 0.6) is 0 Å². The van der Waals surface area contributed by atoms with Gasteiger partial charge >= 0.3 is 0 Å². The number of unbranched alkanes of at least 4 members (excludes halogenated alkanes) is 1. The van der Waals surface area contributed by atoms with Gasteiger partial charge in [0.15, 0.2) is 0 Å². The van der Waals surface area contributed by atoms with Gasteiger partial charge in [-0.1, -0.05) is 72.5 Å². The molecular weight excluding hydrogens is 402 g/mol. The van der Waals surface area contributed by atoms with E-state index in [4.69, 9.17) is 10.5 Å². The van der Waals surface area contributed by atoms with Crippen LogP contribution in [0.1, 0.15) is 119 Å². The summed E-state index contributed by atoms with van der Waals surface area (Å²) in [5.74, 6) is 5.47. The Hall–Kier alpha value is -0.340. The van der Waals surface area contributed by atoms with Gasteiger partial charge < -0.3 is 10.5 Å². The van der Waals surface area contributed by atoms with Crippen LogP contribution in [-0.2, 0) is 4.74 Å². The van der Waals surface area contributed by atoms with Crippen LogP contribution >= 0.6 is 0 Å². The van der Waals surface area contributed by atoms with E-state index in [0.717, 1.165) is 48.7 Å². The minimum Gasteiger partial charge on any atom is -0.380 e. The Kier molecular flexibility index (Phi) is 9.97. The average molecular weight is 460 g/mol. The molecule has 0 aliphatic heterocycles. The van der Waals surface area contributed by atoms with E-state index in [1.807, 2.05) is 13.8 Å². The van der Waals surface area contributed by atoms with Crippen LogP contribution in [0.4, 0.5) is 0 Å². The maximum Gasteiger partial charge on any atom is 0.0588 e. The van der Waals surface area contributed by atoms with Crippen molar-refractivity contribution in [3.8, 4) is 0 Å². The van der Waals surface area contributed by atoms with Crippen LogP contribution < -0.4 is 5.73 Å². The summed E-state index contributed by atoms with van der Waals surface area (Å²) in [5, 5.41) is 0. The quantitative estimate of drug-likeness (QED) is 0.277. The summed E-state index contributed by atoms with van der Waals surface area (Å²) in [7, 11) is 0. The molecule has 0 amide bonds. The molecule has 0 spiro atoms. The lowest BCUT2D eigenvalue weighted by molar-refractivity contribution is -0.0485. The molecule has 2 heteroatoms. The fourth-order valence-corrected chi connectivity index (χ4v) is 8.74. The van der Waals surface area contributed by atoms with Gasteiger partial charge in [0.25, 0.3) is 0 Å².